The van der Waals surface area contributed by atoms with Gasteiger partial charge in [0.25, 0.3) is 5.56 Å². The first-order chi connectivity index (χ1) is 15.7. The summed E-state index contributed by atoms with van der Waals surface area (Å²) in [7, 11) is 0. The van der Waals surface area contributed by atoms with Crippen LogP contribution >= 0.6 is 0 Å². The Morgan fingerprint density at radius 3 is 2.53 bits per heavy atom. The minimum atomic E-state index is -0.129. The molecule has 1 aliphatic heterocycles. The van der Waals surface area contributed by atoms with E-state index in [1.54, 1.807) is 21.5 Å². The molecule has 0 unspecified atom stereocenters. The van der Waals surface area contributed by atoms with Gasteiger partial charge in [0, 0.05) is 18.0 Å². The second-order valence-electron chi connectivity index (χ2n) is 8.44. The van der Waals surface area contributed by atoms with Crippen molar-refractivity contribution in [3.05, 3.63) is 70.4 Å². The topological polar surface area (TPSA) is 81.5 Å². The lowest BCUT2D eigenvalue weighted by molar-refractivity contribution is 0.233. The van der Waals surface area contributed by atoms with Crippen LogP contribution in [-0.4, -0.2) is 42.3 Å². The van der Waals surface area contributed by atoms with E-state index in [1.807, 2.05) is 18.2 Å². The number of aryl methyl sites for hydroxylation is 1. The van der Waals surface area contributed by atoms with Gasteiger partial charge in [-0.25, -0.2) is 4.52 Å². The lowest BCUT2D eigenvalue weighted by Gasteiger charge is -2.16. The molecule has 32 heavy (non-hydrogen) atoms. The minimum absolute atomic E-state index is 0.129. The third-order valence-corrected chi connectivity index (χ3v) is 6.14. The molecule has 0 aliphatic carbocycles. The lowest BCUT2D eigenvalue weighted by atomic mass is 10.1. The van der Waals surface area contributed by atoms with Gasteiger partial charge in [0.2, 0.25) is 5.89 Å². The predicted molar refractivity (Wildman–Crippen MR) is 121 cm³/mol. The van der Waals surface area contributed by atoms with Crippen LogP contribution in [0, 0.1) is 0 Å². The molecule has 4 aromatic rings. The molecular formula is C24H28N6O2. The van der Waals surface area contributed by atoms with Crippen LogP contribution in [0.5, 0.6) is 0 Å². The number of likely N-dealkylation sites (tertiary alicyclic amines) is 1. The molecule has 1 saturated heterocycles. The normalized spacial score (nSPS) is 15.3. The van der Waals surface area contributed by atoms with Crippen molar-refractivity contribution in [2.45, 2.75) is 52.1 Å². The molecule has 0 N–H and O–H groups in total. The van der Waals surface area contributed by atoms with Crippen LogP contribution in [-0.2, 0) is 19.5 Å². The second-order valence-corrected chi connectivity index (χ2v) is 8.44. The van der Waals surface area contributed by atoms with Crippen LogP contribution in [0.15, 0.2) is 52.0 Å². The first-order valence-electron chi connectivity index (χ1n) is 11.4. The maximum atomic E-state index is 13.0. The number of fused-ring (bicyclic) bond motifs is 1. The molecule has 0 saturated carbocycles. The molecule has 166 valence electrons. The number of hydrogen-bond acceptors (Lipinski definition) is 6. The Morgan fingerprint density at radius 1 is 1.00 bits per heavy atom. The molecule has 0 amide bonds. The van der Waals surface area contributed by atoms with Gasteiger partial charge in [-0.15, -0.1) is 0 Å². The fourth-order valence-corrected chi connectivity index (χ4v) is 4.26. The summed E-state index contributed by atoms with van der Waals surface area (Å²) >= 11 is 0. The van der Waals surface area contributed by atoms with Gasteiger partial charge in [0.1, 0.15) is 5.52 Å². The Morgan fingerprint density at radius 2 is 1.78 bits per heavy atom. The maximum Gasteiger partial charge on any atom is 0.277 e. The standard InChI is InChI=1S/C24H28N6O2/c1-2-18-7-9-19(10-8-18)20-15-21-24(31)29(13-14-30(21)26-20)16-22-25-23(32-27-22)17-28-11-5-3-4-6-12-28/h7-10,13-15H,2-6,11-12,16-17H2,1H3. The van der Waals surface area contributed by atoms with Crippen molar-refractivity contribution in [1.29, 1.82) is 0 Å². The van der Waals surface area contributed by atoms with Crippen molar-refractivity contribution in [2.24, 2.45) is 0 Å². The average Bonchev–Trinajstić information content (AvgIpc) is 3.37. The van der Waals surface area contributed by atoms with E-state index in [0.717, 1.165) is 30.8 Å². The van der Waals surface area contributed by atoms with Gasteiger partial charge in [-0.2, -0.15) is 10.1 Å². The molecular weight excluding hydrogens is 404 g/mol. The van der Waals surface area contributed by atoms with Gasteiger partial charge in [-0.1, -0.05) is 49.2 Å². The SMILES string of the molecule is CCc1ccc(-c2cc3c(=O)n(Cc4noc(CN5CCCCCC5)n4)ccn3n2)cc1. The van der Waals surface area contributed by atoms with Gasteiger partial charge in [-0.3, -0.25) is 9.69 Å². The number of hydrogen-bond donors (Lipinski definition) is 0. The summed E-state index contributed by atoms with van der Waals surface area (Å²) in [6, 6.07) is 10.1. The molecule has 8 nitrogen and oxygen atoms in total. The van der Waals surface area contributed by atoms with E-state index in [0.29, 0.717) is 23.8 Å². The van der Waals surface area contributed by atoms with Gasteiger partial charge >= 0.3 is 0 Å². The average molecular weight is 433 g/mol. The van der Waals surface area contributed by atoms with E-state index in [2.05, 4.69) is 39.2 Å². The number of nitrogens with zero attached hydrogens (tertiary/aromatic N) is 6. The third-order valence-electron chi connectivity index (χ3n) is 6.14. The fraction of sp³-hybridized carbons (Fsp3) is 0.417. The first kappa shape index (κ1) is 20.6. The highest BCUT2D eigenvalue weighted by Gasteiger charge is 2.15. The van der Waals surface area contributed by atoms with Gasteiger partial charge < -0.3 is 9.09 Å². The zero-order valence-corrected chi connectivity index (χ0v) is 18.4. The van der Waals surface area contributed by atoms with E-state index >= 15 is 0 Å². The Kier molecular flexibility index (Phi) is 5.85. The molecule has 0 radical (unpaired) electrons. The smallest absolute Gasteiger partial charge is 0.277 e. The molecule has 0 atom stereocenters. The highest BCUT2D eigenvalue weighted by atomic mass is 16.5. The monoisotopic (exact) mass is 432 g/mol. The Labute approximate surface area is 186 Å². The highest BCUT2D eigenvalue weighted by molar-refractivity contribution is 5.65. The summed E-state index contributed by atoms with van der Waals surface area (Å²) in [6.07, 6.45) is 9.51. The zero-order valence-electron chi connectivity index (χ0n) is 18.4. The highest BCUT2D eigenvalue weighted by Crippen LogP contribution is 2.19. The molecule has 5 rings (SSSR count). The Balaban J connectivity index is 1.34. The van der Waals surface area contributed by atoms with Crippen LogP contribution < -0.4 is 5.56 Å². The lowest BCUT2D eigenvalue weighted by Crippen LogP contribution is -2.24. The second kappa shape index (κ2) is 9.08. The van der Waals surface area contributed by atoms with Crippen molar-refractivity contribution in [3.8, 4) is 11.3 Å². The Hall–Kier alpha value is -3.26. The Bertz CT molecular complexity index is 1250. The van der Waals surface area contributed by atoms with E-state index in [9.17, 15) is 4.79 Å². The van der Waals surface area contributed by atoms with Crippen molar-refractivity contribution in [2.75, 3.05) is 13.1 Å². The van der Waals surface area contributed by atoms with Crippen molar-refractivity contribution >= 4 is 5.52 Å². The summed E-state index contributed by atoms with van der Waals surface area (Å²) in [5.74, 6) is 1.12. The van der Waals surface area contributed by atoms with Crippen LogP contribution in [0.2, 0.25) is 0 Å². The number of benzene rings is 1. The molecule has 8 heteroatoms. The summed E-state index contributed by atoms with van der Waals surface area (Å²) in [4.78, 5) is 19.9. The van der Waals surface area contributed by atoms with E-state index < -0.39 is 0 Å². The fourth-order valence-electron chi connectivity index (χ4n) is 4.26. The van der Waals surface area contributed by atoms with E-state index in [4.69, 9.17) is 4.52 Å². The zero-order chi connectivity index (χ0) is 21.9. The number of aromatic nitrogens is 5. The largest absolute Gasteiger partial charge is 0.338 e. The van der Waals surface area contributed by atoms with Gasteiger partial charge in [0.15, 0.2) is 5.82 Å². The number of rotatable bonds is 6. The molecule has 3 aromatic heterocycles. The predicted octanol–water partition coefficient (Wildman–Crippen LogP) is 3.53. The van der Waals surface area contributed by atoms with Crippen LogP contribution in [0.1, 0.15) is 49.9 Å². The van der Waals surface area contributed by atoms with Crippen LogP contribution in [0.3, 0.4) is 0 Å². The summed E-state index contributed by atoms with van der Waals surface area (Å²) in [5, 5.41) is 8.67. The van der Waals surface area contributed by atoms with Crippen molar-refractivity contribution < 1.29 is 4.52 Å². The molecule has 4 heterocycles. The summed E-state index contributed by atoms with van der Waals surface area (Å²) in [5.41, 5.74) is 3.44. The quantitative estimate of drug-likeness (QED) is 0.464. The molecule has 1 aliphatic rings. The first-order valence-corrected chi connectivity index (χ1v) is 11.4. The third kappa shape index (κ3) is 4.36. The molecule has 0 bridgehead atoms. The van der Waals surface area contributed by atoms with Crippen molar-refractivity contribution in [1.82, 2.24) is 29.2 Å². The maximum absolute atomic E-state index is 13.0. The van der Waals surface area contributed by atoms with Crippen LogP contribution in [0.25, 0.3) is 16.8 Å². The summed E-state index contributed by atoms with van der Waals surface area (Å²) in [6.45, 7) is 5.20. The molecule has 0 spiro atoms. The van der Waals surface area contributed by atoms with Crippen LogP contribution in [0.4, 0.5) is 0 Å². The minimum Gasteiger partial charge on any atom is -0.338 e. The van der Waals surface area contributed by atoms with Gasteiger partial charge in [-0.05, 0) is 44.0 Å². The summed E-state index contributed by atoms with van der Waals surface area (Å²) < 4.78 is 8.68. The van der Waals surface area contributed by atoms with Crippen molar-refractivity contribution in [3.63, 3.8) is 0 Å². The van der Waals surface area contributed by atoms with E-state index in [-0.39, 0.29) is 12.1 Å². The van der Waals surface area contributed by atoms with Gasteiger partial charge in [0.05, 0.1) is 18.8 Å². The molecule has 1 aromatic carbocycles. The van der Waals surface area contributed by atoms with E-state index in [1.165, 1.54) is 31.2 Å². The molecule has 1 fully saturated rings.